The number of ether oxygens (including phenoxy) is 1. The van der Waals surface area contributed by atoms with Crippen molar-refractivity contribution in [1.29, 1.82) is 0 Å². The second-order valence-corrected chi connectivity index (χ2v) is 5.22. The molecule has 0 spiro atoms. The Bertz CT molecular complexity index is 722. The van der Waals surface area contributed by atoms with Crippen molar-refractivity contribution in [3.63, 3.8) is 0 Å². The van der Waals surface area contributed by atoms with Crippen molar-refractivity contribution in [3.8, 4) is 5.75 Å². The first-order valence-electron chi connectivity index (χ1n) is 7.46. The molecule has 1 aromatic heterocycles. The van der Waals surface area contributed by atoms with Crippen LogP contribution in [0.1, 0.15) is 22.3 Å². The molecule has 0 atom stereocenters. The molecular formula is C17H18ClN3O3. The summed E-state index contributed by atoms with van der Waals surface area (Å²) in [5, 5.41) is 5.68. The maximum atomic E-state index is 11.9. The first-order valence-corrected chi connectivity index (χ1v) is 7.46. The highest BCUT2D eigenvalue weighted by Gasteiger charge is 2.14. The summed E-state index contributed by atoms with van der Waals surface area (Å²) >= 11 is 0. The summed E-state index contributed by atoms with van der Waals surface area (Å²) in [6, 6.07) is 9.11. The Balaban J connectivity index is 0.00000208. The van der Waals surface area contributed by atoms with Gasteiger partial charge in [-0.2, -0.15) is 0 Å². The second-order valence-electron chi connectivity index (χ2n) is 5.22. The quantitative estimate of drug-likeness (QED) is 0.888. The third-order valence-corrected chi connectivity index (χ3v) is 3.53. The Kier molecular flexibility index (Phi) is 6.14. The molecule has 7 heteroatoms. The van der Waals surface area contributed by atoms with Crippen molar-refractivity contribution < 1.29 is 14.3 Å². The van der Waals surface area contributed by atoms with Crippen LogP contribution < -0.4 is 15.4 Å². The van der Waals surface area contributed by atoms with Crippen LogP contribution in [0.15, 0.2) is 42.7 Å². The maximum absolute atomic E-state index is 11.9. The number of amides is 2. The van der Waals surface area contributed by atoms with Crippen molar-refractivity contribution in [3.05, 3.63) is 53.9 Å². The molecule has 3 rings (SSSR count). The Morgan fingerprint density at radius 3 is 3.00 bits per heavy atom. The normalized spacial score (nSPS) is 12.8. The van der Waals surface area contributed by atoms with E-state index in [1.54, 1.807) is 18.3 Å². The lowest BCUT2D eigenvalue weighted by Gasteiger charge is -2.10. The van der Waals surface area contributed by atoms with Gasteiger partial charge >= 0.3 is 0 Å². The van der Waals surface area contributed by atoms with Crippen LogP contribution in [-0.2, 0) is 11.2 Å². The van der Waals surface area contributed by atoms with Crippen LogP contribution in [0.5, 0.6) is 5.75 Å². The van der Waals surface area contributed by atoms with Crippen molar-refractivity contribution in [2.45, 2.75) is 12.8 Å². The lowest BCUT2D eigenvalue weighted by Crippen LogP contribution is -2.25. The van der Waals surface area contributed by atoms with Crippen molar-refractivity contribution in [2.75, 3.05) is 18.5 Å². The lowest BCUT2D eigenvalue weighted by molar-refractivity contribution is -0.116. The number of halogens is 1. The summed E-state index contributed by atoms with van der Waals surface area (Å²) < 4.78 is 5.51. The van der Waals surface area contributed by atoms with Crippen LogP contribution in [0.25, 0.3) is 0 Å². The van der Waals surface area contributed by atoms with E-state index < -0.39 is 0 Å². The van der Waals surface area contributed by atoms with Gasteiger partial charge in [-0.25, -0.2) is 0 Å². The number of rotatable bonds is 4. The number of carbonyl (C=O) groups is 2. The zero-order valence-electron chi connectivity index (χ0n) is 13.0. The number of nitrogens with zero attached hydrogens (tertiary/aromatic N) is 1. The molecule has 24 heavy (non-hydrogen) atoms. The second kappa shape index (κ2) is 8.31. The third kappa shape index (κ3) is 4.45. The van der Waals surface area contributed by atoms with Gasteiger partial charge in [-0.15, -0.1) is 12.4 Å². The molecule has 0 bridgehead atoms. The largest absolute Gasteiger partial charge is 0.491 e. The van der Waals surface area contributed by atoms with Crippen molar-refractivity contribution >= 4 is 29.9 Å². The molecule has 1 aromatic carbocycles. The molecular weight excluding hydrogens is 330 g/mol. The van der Waals surface area contributed by atoms with Gasteiger partial charge in [0, 0.05) is 18.9 Å². The molecule has 0 saturated heterocycles. The Morgan fingerprint density at radius 2 is 2.21 bits per heavy atom. The molecule has 2 N–H and O–H groups in total. The molecule has 0 unspecified atom stereocenters. The number of aromatic nitrogens is 1. The highest BCUT2D eigenvalue weighted by Crippen LogP contribution is 2.28. The van der Waals surface area contributed by atoms with E-state index in [9.17, 15) is 9.59 Å². The van der Waals surface area contributed by atoms with Gasteiger partial charge in [0.15, 0.2) is 0 Å². The molecule has 0 aliphatic carbocycles. The Morgan fingerprint density at radius 1 is 1.33 bits per heavy atom. The van der Waals surface area contributed by atoms with E-state index in [2.05, 4.69) is 15.6 Å². The van der Waals surface area contributed by atoms with Gasteiger partial charge in [0.05, 0.1) is 24.3 Å². The summed E-state index contributed by atoms with van der Waals surface area (Å²) in [7, 11) is 0. The smallest absolute Gasteiger partial charge is 0.252 e. The molecule has 1 aliphatic rings. The number of hydrogen-bond acceptors (Lipinski definition) is 4. The fourth-order valence-corrected chi connectivity index (χ4v) is 2.34. The number of pyridine rings is 1. The summed E-state index contributed by atoms with van der Waals surface area (Å²) in [4.78, 5) is 27.4. The standard InChI is InChI=1S/C17H17N3O3.ClH/c21-16-6-9-23-15-4-3-12(10-14(15)20-16)5-8-19-17(22)13-2-1-7-18-11-13;/h1-4,7,10-11H,5-6,8-9H2,(H,19,22)(H,20,21);1H. The highest BCUT2D eigenvalue weighted by molar-refractivity contribution is 5.94. The number of nitrogens with one attached hydrogen (secondary N) is 2. The van der Waals surface area contributed by atoms with Crippen LogP contribution in [-0.4, -0.2) is 29.9 Å². The van der Waals surface area contributed by atoms with Crippen molar-refractivity contribution in [2.24, 2.45) is 0 Å². The summed E-state index contributed by atoms with van der Waals surface area (Å²) in [6.07, 6.45) is 4.17. The lowest BCUT2D eigenvalue weighted by atomic mass is 10.1. The number of carbonyl (C=O) groups excluding carboxylic acids is 2. The van der Waals surface area contributed by atoms with E-state index in [4.69, 9.17) is 4.74 Å². The van der Waals surface area contributed by atoms with Gasteiger partial charge < -0.3 is 15.4 Å². The predicted octanol–water partition coefficient (Wildman–Crippen LogP) is 2.20. The topological polar surface area (TPSA) is 80.3 Å². The third-order valence-electron chi connectivity index (χ3n) is 3.53. The Labute approximate surface area is 146 Å². The molecule has 0 saturated carbocycles. The van der Waals surface area contributed by atoms with Gasteiger partial charge in [-0.3, -0.25) is 14.6 Å². The van der Waals surface area contributed by atoms with Crippen molar-refractivity contribution in [1.82, 2.24) is 10.3 Å². The zero-order valence-corrected chi connectivity index (χ0v) is 13.8. The minimum atomic E-state index is -0.149. The summed E-state index contributed by atoms with van der Waals surface area (Å²) in [5.74, 6) is 0.481. The van der Waals surface area contributed by atoms with E-state index in [0.717, 1.165) is 5.56 Å². The van der Waals surface area contributed by atoms with Crippen LogP contribution in [0.4, 0.5) is 5.69 Å². The monoisotopic (exact) mass is 347 g/mol. The fourth-order valence-electron chi connectivity index (χ4n) is 2.34. The summed E-state index contributed by atoms with van der Waals surface area (Å²) in [6.45, 7) is 0.890. The molecule has 0 fully saturated rings. The van der Waals surface area contributed by atoms with E-state index in [1.165, 1.54) is 6.20 Å². The number of hydrogen-bond donors (Lipinski definition) is 2. The van der Waals surface area contributed by atoms with Gasteiger partial charge in [0.1, 0.15) is 5.75 Å². The molecule has 2 heterocycles. The molecule has 2 amide bonds. The van der Waals surface area contributed by atoms with Gasteiger partial charge in [0.25, 0.3) is 5.91 Å². The van der Waals surface area contributed by atoms with Gasteiger partial charge in [0.2, 0.25) is 5.91 Å². The van der Waals surface area contributed by atoms with Crippen LogP contribution in [0.2, 0.25) is 0 Å². The van der Waals surface area contributed by atoms with E-state index in [0.29, 0.717) is 43.0 Å². The number of fused-ring (bicyclic) bond motifs is 1. The minimum absolute atomic E-state index is 0. The van der Waals surface area contributed by atoms with Crippen LogP contribution >= 0.6 is 12.4 Å². The van der Waals surface area contributed by atoms with E-state index >= 15 is 0 Å². The number of benzene rings is 1. The molecule has 0 radical (unpaired) electrons. The SMILES string of the molecule is Cl.O=C1CCOc2ccc(CCNC(=O)c3cccnc3)cc2N1. The first kappa shape index (κ1) is 17.7. The van der Waals surface area contributed by atoms with Gasteiger partial charge in [-0.05, 0) is 36.2 Å². The highest BCUT2D eigenvalue weighted by atomic mass is 35.5. The first-order chi connectivity index (χ1) is 11.2. The average molecular weight is 348 g/mol. The predicted molar refractivity (Wildman–Crippen MR) is 92.7 cm³/mol. The van der Waals surface area contributed by atoms with Crippen LogP contribution in [0.3, 0.4) is 0 Å². The van der Waals surface area contributed by atoms with Crippen LogP contribution in [0, 0.1) is 0 Å². The minimum Gasteiger partial charge on any atom is -0.491 e. The molecule has 1 aliphatic heterocycles. The number of anilines is 1. The zero-order chi connectivity index (χ0) is 16.1. The average Bonchev–Trinajstić information content (AvgIpc) is 2.75. The maximum Gasteiger partial charge on any atom is 0.252 e. The summed E-state index contributed by atoms with van der Waals surface area (Å²) in [5.41, 5.74) is 2.24. The van der Waals surface area contributed by atoms with E-state index in [-0.39, 0.29) is 24.2 Å². The van der Waals surface area contributed by atoms with Gasteiger partial charge in [-0.1, -0.05) is 6.07 Å². The molecule has 2 aromatic rings. The Hall–Kier alpha value is -2.60. The van der Waals surface area contributed by atoms with E-state index in [1.807, 2.05) is 18.2 Å². The molecule has 126 valence electrons. The molecule has 6 nitrogen and oxygen atoms in total. The fraction of sp³-hybridized carbons (Fsp3) is 0.235.